The van der Waals surface area contributed by atoms with E-state index in [2.05, 4.69) is 63.0 Å². The monoisotopic (exact) mass is 453 g/mol. The summed E-state index contributed by atoms with van der Waals surface area (Å²) in [6.45, 7) is 12.9. The third-order valence-electron chi connectivity index (χ3n) is 7.24. The van der Waals surface area contributed by atoms with Crippen molar-refractivity contribution in [3.8, 4) is 0 Å². The van der Waals surface area contributed by atoms with E-state index in [-0.39, 0.29) is 6.04 Å². The molecule has 5 rings (SSSR count). The van der Waals surface area contributed by atoms with Crippen molar-refractivity contribution in [2.75, 3.05) is 5.32 Å². The van der Waals surface area contributed by atoms with Crippen LogP contribution in [0.4, 0.5) is 5.82 Å². The second kappa shape index (κ2) is 9.25. The van der Waals surface area contributed by atoms with Crippen LogP contribution >= 0.6 is 0 Å². The van der Waals surface area contributed by atoms with E-state index in [0.717, 1.165) is 42.1 Å². The fraction of sp³-hybridized carbons (Fsp3) is 0.400. The van der Waals surface area contributed by atoms with Crippen molar-refractivity contribution in [2.24, 2.45) is 5.92 Å². The predicted molar refractivity (Wildman–Crippen MR) is 141 cm³/mol. The van der Waals surface area contributed by atoms with Crippen LogP contribution in [0.1, 0.15) is 93.8 Å². The number of fused-ring (bicyclic) bond motifs is 2. The average molecular weight is 454 g/mol. The molecule has 176 valence electrons. The molecule has 0 saturated heterocycles. The van der Waals surface area contributed by atoms with Gasteiger partial charge < -0.3 is 9.73 Å². The topological polar surface area (TPSA) is 51.0 Å². The summed E-state index contributed by atoms with van der Waals surface area (Å²) >= 11 is 0. The summed E-state index contributed by atoms with van der Waals surface area (Å²) in [6.07, 6.45) is 18.1. The van der Waals surface area contributed by atoms with Crippen molar-refractivity contribution < 1.29 is 4.42 Å². The minimum absolute atomic E-state index is 0.0898. The van der Waals surface area contributed by atoms with Crippen LogP contribution in [0.5, 0.6) is 0 Å². The Bertz CT molecular complexity index is 1230. The minimum atomic E-state index is 0.0898. The summed E-state index contributed by atoms with van der Waals surface area (Å²) < 4.78 is 6.32. The van der Waals surface area contributed by atoms with Crippen LogP contribution in [0, 0.1) is 5.92 Å². The highest BCUT2D eigenvalue weighted by atomic mass is 16.4. The maximum Gasteiger partial charge on any atom is 0.226 e. The lowest BCUT2D eigenvalue weighted by Crippen LogP contribution is -2.20. The van der Waals surface area contributed by atoms with E-state index in [1.54, 1.807) is 0 Å². The molecule has 2 aromatic heterocycles. The Hall–Kier alpha value is -3.14. The molecule has 3 aliphatic carbocycles. The number of anilines is 1. The molecule has 3 aliphatic rings. The first-order valence-electron chi connectivity index (χ1n) is 12.6. The summed E-state index contributed by atoms with van der Waals surface area (Å²) in [4.78, 5) is 9.79. The Labute approximate surface area is 203 Å². The zero-order valence-electron chi connectivity index (χ0n) is 20.8. The fourth-order valence-electron chi connectivity index (χ4n) is 5.26. The number of pyridine rings is 1. The lowest BCUT2D eigenvalue weighted by Gasteiger charge is -2.28. The van der Waals surface area contributed by atoms with E-state index in [1.165, 1.54) is 40.7 Å². The third-order valence-corrected chi connectivity index (χ3v) is 7.24. The molecule has 0 bridgehead atoms. The van der Waals surface area contributed by atoms with Gasteiger partial charge in [0.25, 0.3) is 0 Å². The molecule has 1 N–H and O–H groups in total. The Kier molecular flexibility index (Phi) is 6.16. The van der Waals surface area contributed by atoms with Gasteiger partial charge in [0, 0.05) is 29.7 Å². The molecule has 0 aliphatic heterocycles. The number of hydrogen-bond acceptors (Lipinski definition) is 4. The van der Waals surface area contributed by atoms with E-state index in [0.29, 0.717) is 17.7 Å². The molecular weight excluding hydrogens is 418 g/mol. The zero-order chi connectivity index (χ0) is 23.8. The molecule has 2 aromatic rings. The van der Waals surface area contributed by atoms with E-state index >= 15 is 0 Å². The first-order chi connectivity index (χ1) is 16.5. The van der Waals surface area contributed by atoms with Gasteiger partial charge in [-0.15, -0.1) is 0 Å². The molecule has 0 aromatic carbocycles. The molecule has 1 saturated carbocycles. The van der Waals surface area contributed by atoms with Crippen LogP contribution in [-0.4, -0.2) is 9.97 Å². The molecule has 2 heterocycles. The maximum atomic E-state index is 6.32. The van der Waals surface area contributed by atoms with Crippen LogP contribution in [0.2, 0.25) is 0 Å². The predicted octanol–water partition coefficient (Wildman–Crippen LogP) is 7.95. The van der Waals surface area contributed by atoms with Crippen LogP contribution in [0.3, 0.4) is 0 Å². The third kappa shape index (κ3) is 4.34. The first-order valence-corrected chi connectivity index (χ1v) is 12.6. The van der Waals surface area contributed by atoms with E-state index in [1.807, 2.05) is 19.2 Å². The van der Waals surface area contributed by atoms with Gasteiger partial charge in [-0.3, -0.25) is 0 Å². The molecule has 0 spiro atoms. The Morgan fingerprint density at radius 2 is 2.03 bits per heavy atom. The Morgan fingerprint density at radius 1 is 1.21 bits per heavy atom. The van der Waals surface area contributed by atoms with E-state index < -0.39 is 0 Å². The van der Waals surface area contributed by atoms with Crippen LogP contribution < -0.4 is 5.32 Å². The van der Waals surface area contributed by atoms with Crippen molar-refractivity contribution in [2.45, 2.75) is 71.8 Å². The molecule has 1 fully saturated rings. The summed E-state index contributed by atoms with van der Waals surface area (Å²) in [5.74, 6) is 3.58. The second-order valence-corrected chi connectivity index (χ2v) is 10.0. The molecule has 2 unspecified atom stereocenters. The maximum absolute atomic E-state index is 6.32. The second-order valence-electron chi connectivity index (χ2n) is 10.0. The number of hydrogen-bond donors (Lipinski definition) is 1. The standard InChI is InChI=1S/C30H35N3O/c1-6-8-23(17-19(4)21-11-12-21)30-33-28-25(9-7-10-26(28)34-30)32-29-27-20(5)24(18(2)3)14-13-22(27)15-16-31-29/h6,8,13-17,20-21,25H,4,7,9-12H2,1-3,5H3,(H,31,32)/b8-6-,23-17+. The van der Waals surface area contributed by atoms with Gasteiger partial charge >= 0.3 is 0 Å². The first kappa shape index (κ1) is 22.6. The van der Waals surface area contributed by atoms with E-state index in [4.69, 9.17) is 14.4 Å². The highest BCUT2D eigenvalue weighted by molar-refractivity contribution is 5.72. The number of oxazole rings is 1. The zero-order valence-corrected chi connectivity index (χ0v) is 20.8. The lowest BCUT2D eigenvalue weighted by molar-refractivity contribution is 0.454. The van der Waals surface area contributed by atoms with Gasteiger partial charge in [-0.25, -0.2) is 9.97 Å². The SMILES string of the molecule is C=C(/C=C(\C=C/C)c1nc2c(o1)CCCC2Nc1nccc2c1C(C)C(=C(C)C)C=C2)C1CC1. The molecular formula is C30H35N3O. The van der Waals surface area contributed by atoms with Gasteiger partial charge in [0.15, 0.2) is 0 Å². The number of nitrogens with zero attached hydrogens (tertiary/aromatic N) is 2. The van der Waals surface area contributed by atoms with Crippen molar-refractivity contribution in [3.63, 3.8) is 0 Å². The van der Waals surface area contributed by atoms with Gasteiger partial charge in [-0.05, 0) is 75.7 Å². The van der Waals surface area contributed by atoms with Crippen LogP contribution in [-0.2, 0) is 6.42 Å². The summed E-state index contributed by atoms with van der Waals surface area (Å²) in [5, 5.41) is 3.76. The van der Waals surface area contributed by atoms with E-state index in [9.17, 15) is 0 Å². The molecule has 0 amide bonds. The highest BCUT2D eigenvalue weighted by Crippen LogP contribution is 2.42. The number of nitrogens with one attached hydrogen (secondary N) is 1. The fourth-order valence-corrected chi connectivity index (χ4v) is 5.26. The molecule has 34 heavy (non-hydrogen) atoms. The van der Waals surface area contributed by atoms with Crippen molar-refractivity contribution in [3.05, 3.63) is 88.3 Å². The number of aromatic nitrogens is 2. The highest BCUT2D eigenvalue weighted by Gasteiger charge is 2.30. The number of rotatable bonds is 6. The van der Waals surface area contributed by atoms with Crippen LogP contribution in [0.25, 0.3) is 11.6 Å². The van der Waals surface area contributed by atoms with Gasteiger partial charge in [0.05, 0.1) is 6.04 Å². The Morgan fingerprint density at radius 3 is 2.76 bits per heavy atom. The number of allylic oxidation sites excluding steroid dienone is 8. The average Bonchev–Trinajstić information content (AvgIpc) is 3.57. The Balaban J connectivity index is 1.47. The summed E-state index contributed by atoms with van der Waals surface area (Å²) in [5.41, 5.74) is 8.44. The largest absolute Gasteiger partial charge is 0.441 e. The van der Waals surface area contributed by atoms with Gasteiger partial charge in [0.1, 0.15) is 17.3 Å². The summed E-state index contributed by atoms with van der Waals surface area (Å²) in [6, 6.07) is 2.20. The molecule has 4 heteroatoms. The van der Waals surface area contributed by atoms with Gasteiger partial charge in [-0.1, -0.05) is 49.0 Å². The molecule has 2 atom stereocenters. The van der Waals surface area contributed by atoms with Crippen molar-refractivity contribution in [1.82, 2.24) is 9.97 Å². The van der Waals surface area contributed by atoms with Gasteiger partial charge in [0.2, 0.25) is 5.89 Å². The smallest absolute Gasteiger partial charge is 0.226 e. The lowest BCUT2D eigenvalue weighted by atomic mass is 9.83. The minimum Gasteiger partial charge on any atom is -0.441 e. The quantitative estimate of drug-likeness (QED) is 0.451. The van der Waals surface area contributed by atoms with Crippen LogP contribution in [0.15, 0.2) is 64.3 Å². The van der Waals surface area contributed by atoms with Crippen molar-refractivity contribution in [1.29, 1.82) is 0 Å². The normalized spacial score (nSPS) is 22.0. The van der Waals surface area contributed by atoms with Crippen molar-refractivity contribution >= 4 is 17.5 Å². The summed E-state index contributed by atoms with van der Waals surface area (Å²) in [7, 11) is 0. The van der Waals surface area contributed by atoms with Gasteiger partial charge in [-0.2, -0.15) is 0 Å². The number of aryl methyl sites for hydroxylation is 1. The molecule has 4 nitrogen and oxygen atoms in total. The molecule has 0 radical (unpaired) electrons.